The van der Waals surface area contributed by atoms with E-state index in [0.717, 1.165) is 12.1 Å². The number of anilines is 1. The van der Waals surface area contributed by atoms with Gasteiger partial charge in [0.2, 0.25) is 0 Å². The maximum absolute atomic E-state index is 13.3. The molecule has 0 aliphatic carbocycles. The highest BCUT2D eigenvalue weighted by molar-refractivity contribution is 7.92. The predicted octanol–water partition coefficient (Wildman–Crippen LogP) is 2.84. The number of rotatable bonds is 4. The summed E-state index contributed by atoms with van der Waals surface area (Å²) in [5, 5.41) is 10.7. The van der Waals surface area contributed by atoms with E-state index in [2.05, 4.69) is 4.72 Å². The first-order valence-electron chi connectivity index (χ1n) is 5.83. The molecule has 110 valence electrons. The van der Waals surface area contributed by atoms with E-state index in [1.165, 1.54) is 6.07 Å². The van der Waals surface area contributed by atoms with Crippen molar-refractivity contribution in [2.75, 3.05) is 4.72 Å². The lowest BCUT2D eigenvalue weighted by atomic mass is 10.2. The van der Waals surface area contributed by atoms with Crippen molar-refractivity contribution in [2.24, 2.45) is 0 Å². The third-order valence-electron chi connectivity index (χ3n) is 2.73. The lowest BCUT2D eigenvalue weighted by Gasteiger charge is -2.10. The van der Waals surface area contributed by atoms with Crippen LogP contribution in [0.2, 0.25) is 0 Å². The molecule has 1 N–H and O–H groups in total. The van der Waals surface area contributed by atoms with Crippen LogP contribution in [0.3, 0.4) is 0 Å². The highest BCUT2D eigenvalue weighted by Crippen LogP contribution is 2.23. The second kappa shape index (κ2) is 5.49. The first kappa shape index (κ1) is 14.9. The topological polar surface area (TPSA) is 89.3 Å². The zero-order valence-electron chi connectivity index (χ0n) is 10.9. The van der Waals surface area contributed by atoms with Crippen LogP contribution in [0.25, 0.3) is 0 Å². The fourth-order valence-electron chi connectivity index (χ4n) is 1.81. The van der Waals surface area contributed by atoms with Gasteiger partial charge in [0.05, 0.1) is 21.6 Å². The number of non-ortho nitro benzene ring substituents is 1. The lowest BCUT2D eigenvalue weighted by Crippen LogP contribution is -2.14. The number of aryl methyl sites for hydroxylation is 1. The molecule has 21 heavy (non-hydrogen) atoms. The second-order valence-electron chi connectivity index (χ2n) is 4.33. The Morgan fingerprint density at radius 2 is 1.86 bits per heavy atom. The summed E-state index contributed by atoms with van der Waals surface area (Å²) in [7, 11) is -3.94. The third kappa shape index (κ3) is 3.34. The van der Waals surface area contributed by atoms with Crippen LogP contribution < -0.4 is 4.72 Å². The summed E-state index contributed by atoms with van der Waals surface area (Å²) in [4.78, 5) is 9.88. The van der Waals surface area contributed by atoms with Crippen LogP contribution in [0.15, 0.2) is 47.4 Å². The number of halogens is 1. The van der Waals surface area contributed by atoms with Crippen LogP contribution in [-0.4, -0.2) is 13.3 Å². The zero-order valence-corrected chi connectivity index (χ0v) is 11.7. The molecule has 0 aliphatic rings. The van der Waals surface area contributed by atoms with Crippen LogP contribution in [0.4, 0.5) is 15.8 Å². The molecular weight excluding hydrogens is 299 g/mol. The van der Waals surface area contributed by atoms with Crippen molar-refractivity contribution in [1.29, 1.82) is 0 Å². The van der Waals surface area contributed by atoms with Crippen LogP contribution in [0, 0.1) is 22.9 Å². The summed E-state index contributed by atoms with van der Waals surface area (Å²) < 4.78 is 39.9. The van der Waals surface area contributed by atoms with Gasteiger partial charge in [0, 0.05) is 6.07 Å². The fraction of sp³-hybridized carbons (Fsp3) is 0.0769. The lowest BCUT2D eigenvalue weighted by molar-refractivity contribution is -0.385. The molecule has 0 aliphatic heterocycles. The van der Waals surface area contributed by atoms with Gasteiger partial charge in [-0.15, -0.1) is 0 Å². The number of nitrogens with zero attached hydrogens (tertiary/aromatic N) is 1. The zero-order chi connectivity index (χ0) is 15.6. The average molecular weight is 310 g/mol. The van der Waals surface area contributed by atoms with Crippen molar-refractivity contribution in [3.8, 4) is 0 Å². The highest BCUT2D eigenvalue weighted by atomic mass is 32.2. The van der Waals surface area contributed by atoms with Crippen molar-refractivity contribution in [1.82, 2.24) is 0 Å². The minimum Gasteiger partial charge on any atom is -0.279 e. The highest BCUT2D eigenvalue weighted by Gasteiger charge is 2.18. The number of hydrogen-bond donors (Lipinski definition) is 1. The van der Waals surface area contributed by atoms with Gasteiger partial charge in [0.1, 0.15) is 5.82 Å². The third-order valence-corrected chi connectivity index (χ3v) is 4.27. The molecule has 0 aromatic heterocycles. The Labute approximate surface area is 120 Å². The average Bonchev–Trinajstić information content (AvgIpc) is 2.37. The summed E-state index contributed by atoms with van der Waals surface area (Å²) in [6.45, 7) is 1.61. The van der Waals surface area contributed by atoms with E-state index in [1.54, 1.807) is 25.1 Å². The van der Waals surface area contributed by atoms with E-state index in [9.17, 15) is 22.9 Å². The van der Waals surface area contributed by atoms with E-state index < -0.39 is 26.5 Å². The summed E-state index contributed by atoms with van der Waals surface area (Å²) in [5.74, 6) is -0.897. The molecule has 6 nitrogen and oxygen atoms in total. The quantitative estimate of drug-likeness (QED) is 0.694. The number of nitrogens with one attached hydrogen (secondary N) is 1. The van der Waals surface area contributed by atoms with Gasteiger partial charge >= 0.3 is 0 Å². The Bertz CT molecular complexity index is 806. The van der Waals surface area contributed by atoms with E-state index in [-0.39, 0.29) is 10.6 Å². The van der Waals surface area contributed by atoms with Crippen molar-refractivity contribution in [3.05, 3.63) is 64.0 Å². The molecule has 0 fully saturated rings. The second-order valence-corrected chi connectivity index (χ2v) is 5.98. The molecule has 0 saturated heterocycles. The fourth-order valence-corrected chi connectivity index (χ4v) is 3.09. The molecular formula is C13H11FN2O4S. The SMILES string of the molecule is Cc1ccccc1S(=O)(=O)Nc1cc(F)cc([N+](=O)[O-])c1. The Morgan fingerprint density at radius 1 is 1.19 bits per heavy atom. The molecule has 0 amide bonds. The van der Waals surface area contributed by atoms with Crippen LogP contribution >= 0.6 is 0 Å². The molecule has 2 rings (SSSR count). The number of nitro benzene ring substituents is 1. The minimum atomic E-state index is -3.94. The van der Waals surface area contributed by atoms with E-state index in [1.807, 2.05) is 0 Å². The van der Waals surface area contributed by atoms with Crippen molar-refractivity contribution < 1.29 is 17.7 Å². The number of nitro groups is 1. The normalized spacial score (nSPS) is 11.1. The van der Waals surface area contributed by atoms with Gasteiger partial charge < -0.3 is 0 Å². The summed E-state index contributed by atoms with van der Waals surface area (Å²) >= 11 is 0. The van der Waals surface area contributed by atoms with E-state index in [0.29, 0.717) is 11.6 Å². The molecule has 2 aromatic rings. The van der Waals surface area contributed by atoms with Crippen LogP contribution in [0.1, 0.15) is 5.56 Å². The predicted molar refractivity (Wildman–Crippen MR) is 75.0 cm³/mol. The number of benzene rings is 2. The van der Waals surface area contributed by atoms with Gasteiger partial charge in [-0.3, -0.25) is 14.8 Å². The number of hydrogen-bond acceptors (Lipinski definition) is 4. The standard InChI is InChI=1S/C13H11FN2O4S/c1-9-4-2-3-5-13(9)21(19,20)15-11-6-10(14)7-12(8-11)16(17)18/h2-8,15H,1H3. The van der Waals surface area contributed by atoms with E-state index in [4.69, 9.17) is 0 Å². The van der Waals surface area contributed by atoms with Gasteiger partial charge in [-0.1, -0.05) is 18.2 Å². The molecule has 0 unspecified atom stereocenters. The van der Waals surface area contributed by atoms with Crippen molar-refractivity contribution >= 4 is 21.4 Å². The Hall–Kier alpha value is -2.48. The molecule has 2 aromatic carbocycles. The van der Waals surface area contributed by atoms with E-state index >= 15 is 0 Å². The molecule has 0 heterocycles. The Kier molecular flexibility index (Phi) is 3.90. The first-order chi connectivity index (χ1) is 9.79. The van der Waals surface area contributed by atoms with Crippen molar-refractivity contribution in [3.63, 3.8) is 0 Å². The summed E-state index contributed by atoms with van der Waals surface area (Å²) in [5.41, 5.74) is -0.224. The smallest absolute Gasteiger partial charge is 0.274 e. The summed E-state index contributed by atoms with van der Waals surface area (Å²) in [6.07, 6.45) is 0. The number of sulfonamides is 1. The summed E-state index contributed by atoms with van der Waals surface area (Å²) in [6, 6.07) is 8.79. The molecule has 0 saturated carbocycles. The van der Waals surface area contributed by atoms with Crippen LogP contribution in [-0.2, 0) is 10.0 Å². The maximum Gasteiger partial charge on any atom is 0.274 e. The Balaban J connectivity index is 2.42. The molecule has 0 bridgehead atoms. The first-order valence-corrected chi connectivity index (χ1v) is 7.31. The monoisotopic (exact) mass is 310 g/mol. The molecule has 0 spiro atoms. The van der Waals surface area contributed by atoms with Gasteiger partial charge in [0.25, 0.3) is 15.7 Å². The van der Waals surface area contributed by atoms with Gasteiger partial charge in [-0.2, -0.15) is 0 Å². The van der Waals surface area contributed by atoms with Gasteiger partial charge in [-0.05, 0) is 24.6 Å². The molecule has 0 atom stereocenters. The van der Waals surface area contributed by atoms with Gasteiger partial charge in [-0.25, -0.2) is 12.8 Å². The molecule has 0 radical (unpaired) electrons. The van der Waals surface area contributed by atoms with Gasteiger partial charge in [0.15, 0.2) is 0 Å². The van der Waals surface area contributed by atoms with Crippen molar-refractivity contribution in [2.45, 2.75) is 11.8 Å². The van der Waals surface area contributed by atoms with Crippen LogP contribution in [0.5, 0.6) is 0 Å². The largest absolute Gasteiger partial charge is 0.279 e. The molecule has 8 heteroatoms. The minimum absolute atomic E-state index is 0.0249. The Morgan fingerprint density at radius 3 is 2.48 bits per heavy atom. The maximum atomic E-state index is 13.3.